The summed E-state index contributed by atoms with van der Waals surface area (Å²) in [5.74, 6) is 0.106. The van der Waals surface area contributed by atoms with Crippen LogP contribution < -0.4 is 11.1 Å². The van der Waals surface area contributed by atoms with Crippen LogP contribution in [0.2, 0.25) is 0 Å². The monoisotopic (exact) mass is 298 g/mol. The predicted octanol–water partition coefficient (Wildman–Crippen LogP) is 3.17. The number of carbonyl (C=O) groups excluding carboxylic acids is 1. The molecule has 1 aromatic carbocycles. The Hall–Kier alpha value is -1.65. The Morgan fingerprint density at radius 2 is 2.00 bits per heavy atom. The van der Waals surface area contributed by atoms with Crippen molar-refractivity contribution in [2.45, 2.75) is 38.1 Å². The number of hydrogen-bond acceptors (Lipinski definition) is 3. The van der Waals surface area contributed by atoms with Crippen molar-refractivity contribution in [1.82, 2.24) is 0 Å². The van der Waals surface area contributed by atoms with Crippen LogP contribution in [0.1, 0.15) is 45.3 Å². The molecule has 2 aromatic rings. The lowest BCUT2D eigenvalue weighted by atomic mass is 9.97. The van der Waals surface area contributed by atoms with Crippen LogP contribution in [0.3, 0.4) is 0 Å². The second-order valence-corrected chi connectivity index (χ2v) is 7.06. The summed E-state index contributed by atoms with van der Waals surface area (Å²) < 4.78 is 0. The lowest BCUT2D eigenvalue weighted by Crippen LogP contribution is -2.20. The SMILES string of the molecule is NC(c1ccc2c(c1)CCC(=O)N2)c1cc2c(s1)CCC2. The van der Waals surface area contributed by atoms with Gasteiger partial charge in [-0.3, -0.25) is 4.79 Å². The molecule has 0 bridgehead atoms. The number of rotatable bonds is 2. The molecule has 0 radical (unpaired) electrons. The van der Waals surface area contributed by atoms with Crippen LogP contribution in [0.5, 0.6) is 0 Å². The van der Waals surface area contributed by atoms with E-state index in [-0.39, 0.29) is 11.9 Å². The first kappa shape index (κ1) is 13.0. The van der Waals surface area contributed by atoms with Crippen molar-refractivity contribution in [1.29, 1.82) is 0 Å². The highest BCUT2D eigenvalue weighted by atomic mass is 32.1. The summed E-state index contributed by atoms with van der Waals surface area (Å²) in [6, 6.07) is 8.43. The fourth-order valence-corrected chi connectivity index (χ4v) is 4.55. The Morgan fingerprint density at radius 1 is 1.10 bits per heavy atom. The molecule has 1 amide bonds. The molecule has 4 rings (SSSR count). The summed E-state index contributed by atoms with van der Waals surface area (Å²) in [6.07, 6.45) is 5.08. The van der Waals surface area contributed by atoms with Gasteiger partial charge in [0, 0.05) is 21.9 Å². The Kier molecular flexibility index (Phi) is 3.08. The topological polar surface area (TPSA) is 55.1 Å². The van der Waals surface area contributed by atoms with Crippen LogP contribution in [0, 0.1) is 0 Å². The van der Waals surface area contributed by atoms with Gasteiger partial charge in [0.1, 0.15) is 0 Å². The molecule has 1 atom stereocenters. The highest BCUT2D eigenvalue weighted by Gasteiger charge is 2.21. The summed E-state index contributed by atoms with van der Waals surface area (Å²) in [4.78, 5) is 14.2. The van der Waals surface area contributed by atoms with Crippen LogP contribution in [0.15, 0.2) is 24.3 Å². The zero-order valence-electron chi connectivity index (χ0n) is 11.8. The molecule has 1 unspecified atom stereocenters. The molecule has 0 saturated carbocycles. The summed E-state index contributed by atoms with van der Waals surface area (Å²) in [7, 11) is 0. The number of fused-ring (bicyclic) bond motifs is 2. The average Bonchev–Trinajstić information content (AvgIpc) is 3.07. The number of nitrogens with two attached hydrogens (primary N) is 1. The molecule has 21 heavy (non-hydrogen) atoms. The second-order valence-electron chi connectivity index (χ2n) is 5.89. The summed E-state index contributed by atoms with van der Waals surface area (Å²) in [6.45, 7) is 0. The van der Waals surface area contributed by atoms with Gasteiger partial charge in [-0.25, -0.2) is 0 Å². The van der Waals surface area contributed by atoms with Crippen LogP contribution in [0.25, 0.3) is 0 Å². The normalized spacial score (nSPS) is 18.0. The smallest absolute Gasteiger partial charge is 0.224 e. The number of hydrogen-bond donors (Lipinski definition) is 2. The van der Waals surface area contributed by atoms with Gasteiger partial charge in [-0.15, -0.1) is 11.3 Å². The minimum atomic E-state index is -0.0523. The lowest BCUT2D eigenvalue weighted by molar-refractivity contribution is -0.116. The van der Waals surface area contributed by atoms with Gasteiger partial charge in [0.05, 0.1) is 6.04 Å². The van der Waals surface area contributed by atoms with Crippen molar-refractivity contribution in [2.75, 3.05) is 5.32 Å². The Morgan fingerprint density at radius 3 is 2.86 bits per heavy atom. The molecule has 2 aliphatic rings. The van der Waals surface area contributed by atoms with Gasteiger partial charge in [-0.1, -0.05) is 12.1 Å². The van der Waals surface area contributed by atoms with E-state index in [0.717, 1.165) is 17.7 Å². The van der Waals surface area contributed by atoms with Crippen molar-refractivity contribution in [3.63, 3.8) is 0 Å². The average molecular weight is 298 g/mol. The van der Waals surface area contributed by atoms with E-state index in [4.69, 9.17) is 5.73 Å². The van der Waals surface area contributed by atoms with Gasteiger partial charge >= 0.3 is 0 Å². The third-order valence-electron chi connectivity index (χ3n) is 4.46. The first-order valence-electron chi connectivity index (χ1n) is 7.50. The number of anilines is 1. The van der Waals surface area contributed by atoms with Gasteiger partial charge in [-0.2, -0.15) is 0 Å². The van der Waals surface area contributed by atoms with E-state index in [2.05, 4.69) is 17.4 Å². The molecule has 1 aromatic heterocycles. The molecular weight excluding hydrogens is 280 g/mol. The zero-order chi connectivity index (χ0) is 14.4. The predicted molar refractivity (Wildman–Crippen MR) is 85.8 cm³/mol. The first-order chi connectivity index (χ1) is 10.2. The number of amides is 1. The highest BCUT2D eigenvalue weighted by Crippen LogP contribution is 2.36. The highest BCUT2D eigenvalue weighted by molar-refractivity contribution is 7.12. The van der Waals surface area contributed by atoms with E-state index >= 15 is 0 Å². The number of nitrogens with one attached hydrogen (secondary N) is 1. The Balaban J connectivity index is 1.64. The molecule has 0 saturated heterocycles. The molecule has 3 nitrogen and oxygen atoms in total. The fraction of sp³-hybridized carbons (Fsp3) is 0.353. The van der Waals surface area contributed by atoms with Crippen LogP contribution in [0.4, 0.5) is 5.69 Å². The van der Waals surface area contributed by atoms with Crippen molar-refractivity contribution >= 4 is 22.9 Å². The summed E-state index contributed by atoms with van der Waals surface area (Å²) in [5.41, 5.74) is 11.2. The van der Waals surface area contributed by atoms with E-state index in [1.165, 1.54) is 40.1 Å². The quantitative estimate of drug-likeness (QED) is 0.894. The standard InChI is InChI=1S/C17H18N2OS/c18-17(15-9-11-2-1-3-14(11)21-15)12-4-6-13-10(8-12)5-7-16(20)19-13/h4,6,8-9,17H,1-3,5,7,18H2,(H,19,20). The molecule has 3 N–H and O–H groups in total. The minimum absolute atomic E-state index is 0.0523. The number of carbonyl (C=O) groups is 1. The molecule has 1 aliphatic heterocycles. The number of aryl methyl sites for hydroxylation is 3. The molecule has 0 fully saturated rings. The maximum absolute atomic E-state index is 11.4. The second kappa shape index (κ2) is 4.97. The van der Waals surface area contributed by atoms with Crippen molar-refractivity contribution in [2.24, 2.45) is 5.73 Å². The van der Waals surface area contributed by atoms with Crippen LogP contribution >= 0.6 is 11.3 Å². The third kappa shape index (κ3) is 2.28. The van der Waals surface area contributed by atoms with Gasteiger partial charge in [0.25, 0.3) is 0 Å². The van der Waals surface area contributed by atoms with E-state index in [9.17, 15) is 4.79 Å². The van der Waals surface area contributed by atoms with E-state index in [0.29, 0.717) is 6.42 Å². The number of benzene rings is 1. The van der Waals surface area contributed by atoms with E-state index in [1.807, 2.05) is 23.5 Å². The Labute approximate surface area is 128 Å². The van der Waals surface area contributed by atoms with E-state index in [1.54, 1.807) is 0 Å². The van der Waals surface area contributed by atoms with Crippen molar-refractivity contribution in [3.8, 4) is 0 Å². The van der Waals surface area contributed by atoms with Crippen LogP contribution in [-0.2, 0) is 24.1 Å². The molecule has 0 spiro atoms. The van der Waals surface area contributed by atoms with Gasteiger partial charge < -0.3 is 11.1 Å². The van der Waals surface area contributed by atoms with Gasteiger partial charge in [0.2, 0.25) is 5.91 Å². The molecule has 4 heteroatoms. The first-order valence-corrected chi connectivity index (χ1v) is 8.32. The van der Waals surface area contributed by atoms with Crippen molar-refractivity contribution < 1.29 is 4.79 Å². The molecule has 2 heterocycles. The van der Waals surface area contributed by atoms with Gasteiger partial charge in [0.15, 0.2) is 0 Å². The zero-order valence-corrected chi connectivity index (χ0v) is 12.6. The summed E-state index contributed by atoms with van der Waals surface area (Å²) in [5, 5.41) is 2.92. The molecule has 1 aliphatic carbocycles. The molecular formula is C17H18N2OS. The fourth-order valence-electron chi connectivity index (χ4n) is 3.27. The Bertz CT molecular complexity index is 698. The largest absolute Gasteiger partial charge is 0.326 e. The van der Waals surface area contributed by atoms with E-state index < -0.39 is 0 Å². The third-order valence-corrected chi connectivity index (χ3v) is 5.78. The van der Waals surface area contributed by atoms with Crippen molar-refractivity contribution in [3.05, 3.63) is 50.7 Å². The maximum Gasteiger partial charge on any atom is 0.224 e. The minimum Gasteiger partial charge on any atom is -0.326 e. The lowest BCUT2D eigenvalue weighted by Gasteiger charge is -2.19. The number of thiophene rings is 1. The molecule has 108 valence electrons. The summed E-state index contributed by atoms with van der Waals surface area (Å²) >= 11 is 1.87. The van der Waals surface area contributed by atoms with Crippen LogP contribution in [-0.4, -0.2) is 5.91 Å². The maximum atomic E-state index is 11.4. The van der Waals surface area contributed by atoms with Gasteiger partial charge in [-0.05, 0) is 54.5 Å².